The highest BCUT2D eigenvalue weighted by molar-refractivity contribution is 6.75. The summed E-state index contributed by atoms with van der Waals surface area (Å²) in [4.78, 5) is 0. The van der Waals surface area contributed by atoms with Gasteiger partial charge in [0, 0.05) is 0 Å². The van der Waals surface area contributed by atoms with E-state index in [4.69, 9.17) is 0 Å². The van der Waals surface area contributed by atoms with Crippen LogP contribution < -0.4 is 0 Å². The van der Waals surface area contributed by atoms with Crippen LogP contribution in [0.5, 0.6) is 0 Å². The molecule has 1 rings (SSSR count). The van der Waals surface area contributed by atoms with Gasteiger partial charge in [-0.3, -0.25) is 0 Å². The Bertz CT molecular complexity index is 208. The molecule has 1 aromatic carbocycles. The van der Waals surface area contributed by atoms with Crippen LogP contribution in [0.1, 0.15) is 5.56 Å². The molecule has 0 radical (unpaired) electrons. The predicted molar refractivity (Wildman–Crippen MR) is 53.5 cm³/mol. The summed E-state index contributed by atoms with van der Waals surface area (Å²) in [5.74, 6) is 7.29. The molecule has 0 atom stereocenters. The van der Waals surface area contributed by atoms with Crippen LogP contribution in [0.4, 0.5) is 0 Å². The molecule has 60 valence electrons. The van der Waals surface area contributed by atoms with Gasteiger partial charge in [-0.25, -0.2) is 17.4 Å². The highest BCUT2D eigenvalue weighted by Gasteiger charge is 2.09. The maximum atomic E-state index is 2.43. The summed E-state index contributed by atoms with van der Waals surface area (Å²) in [6, 6.07) is 10.8. The first-order valence-electron chi connectivity index (χ1n) is 4.40. The van der Waals surface area contributed by atoms with E-state index < -0.39 is 13.1 Å². The number of rotatable bonds is 2. The third-order valence-corrected chi connectivity index (χ3v) is 3.39. The molecule has 0 heterocycles. The van der Waals surface area contributed by atoms with E-state index in [1.807, 2.05) is 0 Å². The van der Waals surface area contributed by atoms with Crippen molar-refractivity contribution in [2.24, 2.45) is 0 Å². The standard InChI is InChI=1S/C7H7.3CH3.Al/c1-7-5-3-2-4-6-7;;;;/h2-6H,1H2;3*1H3;/q;;;;-1. The van der Waals surface area contributed by atoms with Gasteiger partial charge in [-0.15, -0.1) is 0 Å². The lowest BCUT2D eigenvalue weighted by atomic mass is 10.2. The van der Waals surface area contributed by atoms with Crippen molar-refractivity contribution >= 4 is 13.1 Å². The second kappa shape index (κ2) is 3.43. The second-order valence-electron chi connectivity index (χ2n) is 4.65. The summed E-state index contributed by atoms with van der Waals surface area (Å²) in [5, 5.41) is 1.33. The highest BCUT2D eigenvalue weighted by Crippen LogP contribution is 2.10. The highest BCUT2D eigenvalue weighted by atomic mass is 27.2. The number of hydrogen-bond donors (Lipinski definition) is 0. The molecule has 0 aliphatic rings. The molecule has 0 aromatic heterocycles. The van der Waals surface area contributed by atoms with Crippen LogP contribution in [0.3, 0.4) is 0 Å². The van der Waals surface area contributed by atoms with Gasteiger partial charge in [-0.1, -0.05) is 35.9 Å². The van der Waals surface area contributed by atoms with E-state index in [1.165, 1.54) is 10.8 Å². The zero-order valence-corrected chi connectivity index (χ0v) is 8.83. The molecule has 0 nitrogen and oxygen atoms in total. The van der Waals surface area contributed by atoms with Crippen molar-refractivity contribution in [3.8, 4) is 0 Å². The fourth-order valence-corrected chi connectivity index (χ4v) is 3.01. The van der Waals surface area contributed by atoms with Gasteiger partial charge in [0.1, 0.15) is 13.1 Å². The van der Waals surface area contributed by atoms with Crippen LogP contribution in [0, 0.1) is 0 Å². The Morgan fingerprint density at radius 2 is 1.55 bits per heavy atom. The van der Waals surface area contributed by atoms with Crippen molar-refractivity contribution < 1.29 is 0 Å². The van der Waals surface area contributed by atoms with Crippen molar-refractivity contribution in [1.82, 2.24) is 0 Å². The molecule has 0 fully saturated rings. The normalized spacial score (nSPS) is 11.5. The van der Waals surface area contributed by atoms with Crippen LogP contribution in [0.2, 0.25) is 17.4 Å². The fraction of sp³-hybridized carbons (Fsp3) is 0.400. The van der Waals surface area contributed by atoms with E-state index in [-0.39, 0.29) is 0 Å². The van der Waals surface area contributed by atoms with Crippen molar-refractivity contribution in [3.05, 3.63) is 35.9 Å². The summed E-state index contributed by atoms with van der Waals surface area (Å²) >= 11 is -1.16. The molecule has 0 bridgehead atoms. The SMILES string of the molecule is [CH3][Al-]([CH3])([CH3])[CH2]c1ccccc1. The molecule has 1 heteroatoms. The molecule has 0 aliphatic heterocycles. The summed E-state index contributed by atoms with van der Waals surface area (Å²) in [7, 11) is 0. The van der Waals surface area contributed by atoms with Crippen molar-refractivity contribution in [3.63, 3.8) is 0 Å². The van der Waals surface area contributed by atoms with Gasteiger partial charge in [-0.05, 0) is 0 Å². The summed E-state index contributed by atoms with van der Waals surface area (Å²) in [6.07, 6.45) is 0. The number of benzene rings is 1. The van der Waals surface area contributed by atoms with Gasteiger partial charge < -0.3 is 0 Å². The summed E-state index contributed by atoms with van der Waals surface area (Å²) < 4.78 is 0. The minimum Gasteiger partial charge on any atom is -0.203 e. The van der Waals surface area contributed by atoms with E-state index >= 15 is 0 Å². The molecule has 1 aromatic rings. The Morgan fingerprint density at radius 1 is 1.00 bits per heavy atom. The zero-order chi connectivity index (χ0) is 8.32. The molecular weight excluding hydrogens is 147 g/mol. The lowest BCUT2D eigenvalue weighted by Gasteiger charge is -2.18. The van der Waals surface area contributed by atoms with Crippen LogP contribution >= 0.6 is 0 Å². The van der Waals surface area contributed by atoms with Crippen LogP contribution in [-0.2, 0) is 5.28 Å². The smallest absolute Gasteiger partial charge is 0.130 e. The Balaban J connectivity index is 2.66. The molecule has 11 heavy (non-hydrogen) atoms. The second-order valence-corrected chi connectivity index (χ2v) is 11.0. The van der Waals surface area contributed by atoms with Crippen LogP contribution in [0.25, 0.3) is 0 Å². The van der Waals surface area contributed by atoms with E-state index in [9.17, 15) is 0 Å². The monoisotopic (exact) mass is 163 g/mol. The van der Waals surface area contributed by atoms with Gasteiger partial charge in [0.15, 0.2) is 0 Å². The third kappa shape index (κ3) is 3.60. The Kier molecular flexibility index (Phi) is 2.76. The van der Waals surface area contributed by atoms with Crippen LogP contribution in [-0.4, -0.2) is 13.1 Å². The quantitative estimate of drug-likeness (QED) is 0.588. The molecule has 0 saturated heterocycles. The largest absolute Gasteiger partial charge is 0.203 e. The average Bonchev–Trinajstić information content (AvgIpc) is 1.85. The first-order chi connectivity index (χ1) is 5.08. The minimum atomic E-state index is -1.16. The van der Waals surface area contributed by atoms with Crippen LogP contribution in [0.15, 0.2) is 30.3 Å². The lowest BCUT2D eigenvalue weighted by molar-refractivity contribution is 1.31. The van der Waals surface area contributed by atoms with Gasteiger partial charge in [0.25, 0.3) is 0 Å². The fourth-order valence-electron chi connectivity index (χ4n) is 1.32. The first kappa shape index (κ1) is 8.85. The first-order valence-corrected chi connectivity index (χ1v) is 8.69. The predicted octanol–water partition coefficient (Wildman–Crippen LogP) is 3.11. The Labute approximate surface area is 71.9 Å². The van der Waals surface area contributed by atoms with E-state index in [1.54, 1.807) is 0 Å². The molecule has 0 amide bonds. The Hall–Kier alpha value is -0.248. The lowest BCUT2D eigenvalue weighted by Crippen LogP contribution is -2.23. The van der Waals surface area contributed by atoms with Gasteiger partial charge in [-0.2, -0.15) is 5.28 Å². The van der Waals surface area contributed by atoms with Crippen molar-refractivity contribution in [1.29, 1.82) is 0 Å². The Morgan fingerprint density at radius 3 is 2.00 bits per heavy atom. The van der Waals surface area contributed by atoms with Crippen molar-refractivity contribution in [2.75, 3.05) is 0 Å². The summed E-state index contributed by atoms with van der Waals surface area (Å²) in [5.41, 5.74) is 1.50. The van der Waals surface area contributed by atoms with Gasteiger partial charge >= 0.3 is 0 Å². The molecular formula is C10H16Al-. The average molecular weight is 163 g/mol. The van der Waals surface area contributed by atoms with Crippen molar-refractivity contribution in [2.45, 2.75) is 22.6 Å². The maximum Gasteiger partial charge on any atom is 0.130 e. The minimum absolute atomic E-state index is 1.16. The molecule has 0 saturated carbocycles. The molecule has 0 aliphatic carbocycles. The maximum absolute atomic E-state index is 2.43. The van der Waals surface area contributed by atoms with Gasteiger partial charge in [0.2, 0.25) is 0 Å². The van der Waals surface area contributed by atoms with Gasteiger partial charge in [0.05, 0.1) is 0 Å². The zero-order valence-electron chi connectivity index (χ0n) is 7.67. The molecule has 0 N–H and O–H groups in total. The third-order valence-electron chi connectivity index (χ3n) is 1.69. The topological polar surface area (TPSA) is 0 Å². The summed E-state index contributed by atoms with van der Waals surface area (Å²) in [6.45, 7) is 0. The van der Waals surface area contributed by atoms with E-state index in [0.29, 0.717) is 0 Å². The number of hydrogen-bond acceptors (Lipinski definition) is 0. The van der Waals surface area contributed by atoms with E-state index in [0.717, 1.165) is 0 Å². The molecule has 0 unspecified atom stereocenters. The van der Waals surface area contributed by atoms with E-state index in [2.05, 4.69) is 47.7 Å². The molecule has 0 spiro atoms.